The molecule has 0 bridgehead atoms. The van der Waals surface area contributed by atoms with Crippen molar-refractivity contribution in [2.45, 2.75) is 9.79 Å². The normalized spacial score (nSPS) is 11.5. The molecule has 0 spiro atoms. The lowest BCUT2D eigenvalue weighted by atomic mass is 10.3. The van der Waals surface area contributed by atoms with Crippen molar-refractivity contribution < 1.29 is 21.8 Å². The molecule has 0 aliphatic carbocycles. The molecule has 1 heterocycles. The molecular weight excluding hydrogens is 538 g/mol. The lowest BCUT2D eigenvalue weighted by molar-refractivity contribution is -0.384. The summed E-state index contributed by atoms with van der Waals surface area (Å²) in [6, 6.07) is 16.7. The second kappa shape index (κ2) is 10.3. The molecule has 4 rings (SSSR count). The van der Waals surface area contributed by atoms with Crippen molar-refractivity contribution in [1.29, 1.82) is 0 Å². The summed E-state index contributed by atoms with van der Waals surface area (Å²) in [6.07, 6.45) is 0. The molecule has 0 radical (unpaired) electrons. The Labute approximate surface area is 216 Å². The van der Waals surface area contributed by atoms with Crippen molar-refractivity contribution in [2.75, 3.05) is 16.0 Å². The van der Waals surface area contributed by atoms with Crippen LogP contribution in [0.4, 0.5) is 40.6 Å². The van der Waals surface area contributed by atoms with Crippen LogP contribution in [0.2, 0.25) is 0 Å². The monoisotopic (exact) mass is 557 g/mol. The average molecular weight is 558 g/mol. The lowest BCUT2D eigenvalue weighted by Gasteiger charge is -2.12. The molecule has 0 saturated heterocycles. The Morgan fingerprint density at radius 3 is 1.39 bits per heavy atom. The predicted octanol–water partition coefficient (Wildman–Crippen LogP) is 2.31. The summed E-state index contributed by atoms with van der Waals surface area (Å²) in [7, 11) is -7.76. The highest BCUT2D eigenvalue weighted by Gasteiger charge is 2.13. The van der Waals surface area contributed by atoms with E-state index in [-0.39, 0.29) is 33.3 Å². The summed E-state index contributed by atoms with van der Waals surface area (Å²) < 4.78 is 46.0. The number of non-ortho nitro benzene ring substituents is 1. The molecule has 17 heteroatoms. The number of primary sulfonamides is 2. The van der Waals surface area contributed by atoms with Crippen LogP contribution in [0, 0.1) is 10.1 Å². The fourth-order valence-electron chi connectivity index (χ4n) is 3.08. The van der Waals surface area contributed by atoms with E-state index in [4.69, 9.17) is 10.3 Å². The maximum atomic E-state index is 11.5. The van der Waals surface area contributed by atoms with Gasteiger partial charge in [0.25, 0.3) is 5.69 Å². The second-order valence-electron chi connectivity index (χ2n) is 7.63. The molecule has 0 aliphatic heterocycles. The van der Waals surface area contributed by atoms with Crippen LogP contribution in [0.15, 0.2) is 82.6 Å². The highest BCUT2D eigenvalue weighted by Crippen LogP contribution is 2.24. The van der Waals surface area contributed by atoms with Crippen molar-refractivity contribution >= 4 is 60.6 Å². The maximum absolute atomic E-state index is 11.5. The van der Waals surface area contributed by atoms with E-state index in [0.717, 1.165) is 0 Å². The number of hydrogen-bond acceptors (Lipinski definition) is 12. The van der Waals surface area contributed by atoms with Gasteiger partial charge in [0.15, 0.2) is 0 Å². The zero-order valence-corrected chi connectivity index (χ0v) is 20.8. The molecule has 38 heavy (non-hydrogen) atoms. The van der Waals surface area contributed by atoms with E-state index in [1.807, 2.05) is 0 Å². The number of sulfonamides is 2. The Bertz CT molecular complexity index is 1620. The van der Waals surface area contributed by atoms with E-state index in [1.54, 1.807) is 6.07 Å². The third-order valence-corrected chi connectivity index (χ3v) is 6.68. The summed E-state index contributed by atoms with van der Waals surface area (Å²) in [5.41, 5.74) is 1.03. The van der Waals surface area contributed by atoms with Crippen LogP contribution < -0.4 is 26.2 Å². The van der Waals surface area contributed by atoms with Gasteiger partial charge in [-0.05, 0) is 54.6 Å². The highest BCUT2D eigenvalue weighted by molar-refractivity contribution is 7.89. The van der Waals surface area contributed by atoms with Gasteiger partial charge in [-0.3, -0.25) is 10.1 Å². The van der Waals surface area contributed by atoms with Gasteiger partial charge in [0.05, 0.1) is 14.7 Å². The molecule has 0 amide bonds. The van der Waals surface area contributed by atoms with Crippen molar-refractivity contribution in [3.63, 3.8) is 0 Å². The van der Waals surface area contributed by atoms with Crippen molar-refractivity contribution in [3.8, 4) is 0 Å². The number of nitro groups is 1. The first-order valence-corrected chi connectivity index (χ1v) is 13.5. The zero-order valence-electron chi connectivity index (χ0n) is 19.1. The molecule has 0 atom stereocenters. The van der Waals surface area contributed by atoms with Crippen molar-refractivity contribution in [2.24, 2.45) is 10.3 Å². The van der Waals surface area contributed by atoms with Crippen LogP contribution in [-0.2, 0) is 20.0 Å². The fourth-order valence-corrected chi connectivity index (χ4v) is 4.11. The zero-order chi connectivity index (χ0) is 27.5. The molecule has 0 fully saturated rings. The van der Waals surface area contributed by atoms with Gasteiger partial charge in [-0.2, -0.15) is 15.0 Å². The SMILES string of the molecule is NS(=O)(=O)c1ccc(Nc2nc(Nc3ccc(S(N)(=O)=O)cc3)nc(Nc3cccc([N+](=O)[O-])c3)n2)cc1. The third kappa shape index (κ3) is 6.73. The first kappa shape index (κ1) is 26.4. The topological polar surface area (TPSA) is 238 Å². The van der Waals surface area contributed by atoms with Gasteiger partial charge in [-0.1, -0.05) is 6.07 Å². The van der Waals surface area contributed by atoms with Gasteiger partial charge in [0.1, 0.15) is 0 Å². The predicted molar refractivity (Wildman–Crippen MR) is 138 cm³/mol. The molecule has 1 aromatic heterocycles. The molecule has 0 unspecified atom stereocenters. The van der Waals surface area contributed by atoms with E-state index in [0.29, 0.717) is 17.1 Å². The van der Waals surface area contributed by atoms with Crippen molar-refractivity contribution in [3.05, 3.63) is 82.9 Å². The van der Waals surface area contributed by atoms with Crippen LogP contribution in [0.25, 0.3) is 0 Å². The smallest absolute Gasteiger partial charge is 0.271 e. The number of aromatic nitrogens is 3. The second-order valence-corrected chi connectivity index (χ2v) is 10.8. The van der Waals surface area contributed by atoms with E-state index in [2.05, 4.69) is 30.9 Å². The number of anilines is 6. The number of nitro benzene ring substituents is 1. The van der Waals surface area contributed by atoms with E-state index in [1.165, 1.54) is 66.7 Å². The minimum Gasteiger partial charge on any atom is -0.324 e. The van der Waals surface area contributed by atoms with E-state index >= 15 is 0 Å². The number of benzene rings is 3. The molecule has 4 aromatic rings. The van der Waals surface area contributed by atoms with Gasteiger partial charge < -0.3 is 16.0 Å². The number of nitrogens with two attached hydrogens (primary N) is 2. The van der Waals surface area contributed by atoms with Crippen LogP contribution in [0.3, 0.4) is 0 Å². The maximum Gasteiger partial charge on any atom is 0.271 e. The van der Waals surface area contributed by atoms with Crippen LogP contribution in [0.1, 0.15) is 0 Å². The molecule has 7 N–H and O–H groups in total. The number of rotatable bonds is 9. The Balaban J connectivity index is 1.66. The number of nitrogens with zero attached hydrogens (tertiary/aromatic N) is 4. The largest absolute Gasteiger partial charge is 0.324 e. The molecule has 196 valence electrons. The van der Waals surface area contributed by atoms with Gasteiger partial charge in [0.2, 0.25) is 37.9 Å². The van der Waals surface area contributed by atoms with Crippen molar-refractivity contribution in [1.82, 2.24) is 15.0 Å². The summed E-state index contributed by atoms with van der Waals surface area (Å²) >= 11 is 0. The van der Waals surface area contributed by atoms with Crippen LogP contribution in [-0.4, -0.2) is 36.7 Å². The van der Waals surface area contributed by atoms with E-state index < -0.39 is 25.0 Å². The Morgan fingerprint density at radius 1 is 0.632 bits per heavy atom. The van der Waals surface area contributed by atoms with E-state index in [9.17, 15) is 26.9 Å². The summed E-state index contributed by atoms with van der Waals surface area (Å²) in [5, 5.41) is 30.1. The molecule has 0 saturated carbocycles. The average Bonchev–Trinajstić information content (AvgIpc) is 2.83. The lowest BCUT2D eigenvalue weighted by Crippen LogP contribution is -2.12. The number of hydrogen-bond donors (Lipinski definition) is 5. The third-order valence-electron chi connectivity index (χ3n) is 4.83. The molecule has 15 nitrogen and oxygen atoms in total. The minimum atomic E-state index is -3.88. The van der Waals surface area contributed by atoms with Crippen LogP contribution >= 0.6 is 0 Å². The molecule has 0 aliphatic rings. The summed E-state index contributed by atoms with van der Waals surface area (Å²) in [5.74, 6) is 0.0627. The van der Waals surface area contributed by atoms with Gasteiger partial charge in [-0.15, -0.1) is 0 Å². The van der Waals surface area contributed by atoms with Gasteiger partial charge in [0, 0.05) is 29.2 Å². The standard InChI is InChI=1S/C21H19N9O6S2/c22-37(33,34)17-8-4-13(5-9-17)24-19-27-20(25-14-6-10-18(11-7-14)38(23,35)36)29-21(28-19)26-15-2-1-3-16(12-15)30(31)32/h1-12H,(H2,22,33,34)(H2,23,35,36)(H3,24,25,26,27,28,29). The van der Waals surface area contributed by atoms with Crippen LogP contribution in [0.5, 0.6) is 0 Å². The minimum absolute atomic E-state index is 0.00723. The fraction of sp³-hybridized carbons (Fsp3) is 0. The summed E-state index contributed by atoms with van der Waals surface area (Å²) in [6.45, 7) is 0. The first-order valence-electron chi connectivity index (χ1n) is 10.4. The Morgan fingerprint density at radius 2 is 1.03 bits per heavy atom. The summed E-state index contributed by atoms with van der Waals surface area (Å²) in [4.78, 5) is 23.2. The Kier molecular flexibility index (Phi) is 7.17. The first-order chi connectivity index (χ1) is 17.9. The van der Waals surface area contributed by atoms with Gasteiger partial charge >= 0.3 is 0 Å². The quantitative estimate of drug-likeness (QED) is 0.147. The van der Waals surface area contributed by atoms with Gasteiger partial charge in [-0.25, -0.2) is 27.1 Å². The Hall–Kier alpha value is -4.71. The molecule has 3 aromatic carbocycles. The number of nitrogens with one attached hydrogen (secondary N) is 3. The highest BCUT2D eigenvalue weighted by atomic mass is 32.2. The molecular formula is C21H19N9O6S2.